The van der Waals surface area contributed by atoms with Crippen LogP contribution in [-0.4, -0.2) is 37.1 Å². The van der Waals surface area contributed by atoms with Crippen LogP contribution in [0, 0.1) is 20.8 Å². The van der Waals surface area contributed by atoms with Crippen LogP contribution in [0.4, 0.5) is 0 Å². The van der Waals surface area contributed by atoms with E-state index in [9.17, 15) is 9.59 Å². The van der Waals surface area contributed by atoms with Gasteiger partial charge in [-0.1, -0.05) is 30.3 Å². The third kappa shape index (κ3) is 3.31. The van der Waals surface area contributed by atoms with Gasteiger partial charge in [0.15, 0.2) is 0 Å². The summed E-state index contributed by atoms with van der Waals surface area (Å²) in [5, 5.41) is 1.80. The Kier molecular flexibility index (Phi) is 5.10. The summed E-state index contributed by atoms with van der Waals surface area (Å²) in [6.07, 6.45) is 0.0249. The van der Waals surface area contributed by atoms with Crippen molar-refractivity contribution in [2.75, 3.05) is 26.3 Å². The zero-order valence-electron chi connectivity index (χ0n) is 18.5. The van der Waals surface area contributed by atoms with E-state index < -0.39 is 5.63 Å². The summed E-state index contributed by atoms with van der Waals surface area (Å²) < 4.78 is 17.2. The molecule has 1 amide bonds. The average molecular weight is 431 g/mol. The lowest BCUT2D eigenvalue weighted by molar-refractivity contribution is -0.134. The van der Waals surface area contributed by atoms with Gasteiger partial charge in [-0.25, -0.2) is 4.79 Å². The number of amides is 1. The van der Waals surface area contributed by atoms with E-state index in [-0.39, 0.29) is 12.3 Å². The highest BCUT2D eigenvalue weighted by Crippen LogP contribution is 2.39. The minimum Gasteiger partial charge on any atom is -0.460 e. The van der Waals surface area contributed by atoms with Crippen molar-refractivity contribution in [2.24, 2.45) is 0 Å². The molecule has 6 heteroatoms. The van der Waals surface area contributed by atoms with Crippen LogP contribution in [0.3, 0.4) is 0 Å². The van der Waals surface area contributed by atoms with Gasteiger partial charge in [0.05, 0.1) is 25.2 Å². The van der Waals surface area contributed by atoms with Crippen LogP contribution in [0.2, 0.25) is 0 Å². The molecule has 0 aliphatic carbocycles. The quantitative estimate of drug-likeness (QED) is 0.446. The van der Waals surface area contributed by atoms with Gasteiger partial charge in [0.25, 0.3) is 0 Å². The molecule has 6 nitrogen and oxygen atoms in total. The molecule has 0 unspecified atom stereocenters. The van der Waals surface area contributed by atoms with Gasteiger partial charge < -0.3 is 18.5 Å². The van der Waals surface area contributed by atoms with Gasteiger partial charge >= 0.3 is 5.63 Å². The second-order valence-corrected chi connectivity index (χ2v) is 8.32. The molecule has 1 fully saturated rings. The van der Waals surface area contributed by atoms with Crippen LogP contribution < -0.4 is 5.63 Å². The van der Waals surface area contributed by atoms with Crippen molar-refractivity contribution >= 4 is 27.8 Å². The van der Waals surface area contributed by atoms with Gasteiger partial charge in [-0.3, -0.25) is 4.79 Å². The summed E-state index contributed by atoms with van der Waals surface area (Å²) in [6.45, 7) is 7.88. The summed E-state index contributed by atoms with van der Waals surface area (Å²) >= 11 is 0. The zero-order valence-corrected chi connectivity index (χ0v) is 18.5. The smallest absolute Gasteiger partial charge is 0.340 e. The van der Waals surface area contributed by atoms with Crippen LogP contribution >= 0.6 is 0 Å². The van der Waals surface area contributed by atoms with Crippen molar-refractivity contribution in [1.29, 1.82) is 0 Å². The van der Waals surface area contributed by atoms with Crippen LogP contribution in [-0.2, 0) is 16.0 Å². The van der Waals surface area contributed by atoms with Gasteiger partial charge in [0, 0.05) is 35.0 Å². The first kappa shape index (κ1) is 20.5. The normalized spacial score (nSPS) is 14.4. The molecular formula is C26H25NO5. The first-order valence-corrected chi connectivity index (χ1v) is 10.9. The molecule has 0 N–H and O–H groups in total. The number of carbonyl (C=O) groups excluding carboxylic acids is 1. The molecule has 2 aromatic heterocycles. The molecule has 0 atom stereocenters. The predicted molar refractivity (Wildman–Crippen MR) is 123 cm³/mol. The van der Waals surface area contributed by atoms with E-state index in [0.717, 1.165) is 38.8 Å². The van der Waals surface area contributed by atoms with Gasteiger partial charge in [-0.2, -0.15) is 0 Å². The number of rotatable bonds is 3. The minimum absolute atomic E-state index is 0.0249. The molecule has 1 aliphatic rings. The maximum Gasteiger partial charge on any atom is 0.340 e. The maximum absolute atomic E-state index is 12.9. The average Bonchev–Trinajstić information content (AvgIpc) is 3.15. The molecule has 0 bridgehead atoms. The lowest BCUT2D eigenvalue weighted by Gasteiger charge is -2.27. The van der Waals surface area contributed by atoms with Crippen molar-refractivity contribution in [3.8, 4) is 11.1 Å². The Balaban J connectivity index is 1.68. The summed E-state index contributed by atoms with van der Waals surface area (Å²) in [4.78, 5) is 27.4. The summed E-state index contributed by atoms with van der Waals surface area (Å²) in [6, 6.07) is 12.1. The van der Waals surface area contributed by atoms with Crippen molar-refractivity contribution in [2.45, 2.75) is 27.2 Å². The predicted octanol–water partition coefficient (Wildman–Crippen LogP) is 4.53. The zero-order chi connectivity index (χ0) is 22.4. The molecule has 4 aromatic rings. The van der Waals surface area contributed by atoms with E-state index in [1.165, 1.54) is 0 Å². The third-order valence-corrected chi connectivity index (χ3v) is 6.39. The highest BCUT2D eigenvalue weighted by Gasteiger charge is 2.24. The van der Waals surface area contributed by atoms with E-state index in [1.54, 1.807) is 4.90 Å². The summed E-state index contributed by atoms with van der Waals surface area (Å²) in [5.41, 5.74) is 4.83. The standard InChI is InChI=1S/C26H25NO5/c1-15-19-13-21-23(18-7-5-4-6-8-18)17(3)31-25(21)16(2)24(19)32-26(29)20(15)14-22(28)27-9-11-30-12-10-27/h4-8,13H,9-12,14H2,1-3H3. The Morgan fingerprint density at radius 2 is 1.62 bits per heavy atom. The van der Waals surface area contributed by atoms with Crippen LogP contribution in [0.1, 0.15) is 22.5 Å². The van der Waals surface area contributed by atoms with Crippen molar-refractivity contribution in [3.05, 3.63) is 69.3 Å². The SMILES string of the molecule is Cc1oc2c(C)c3oc(=O)c(CC(=O)N4CCOCC4)c(C)c3cc2c1-c1ccccc1. The van der Waals surface area contributed by atoms with Crippen molar-refractivity contribution < 1.29 is 18.4 Å². The number of hydrogen-bond donors (Lipinski definition) is 0. The van der Waals surface area contributed by atoms with Gasteiger partial charge in [0.1, 0.15) is 16.9 Å². The molecule has 1 aliphatic heterocycles. The minimum atomic E-state index is -0.467. The number of ether oxygens (including phenoxy) is 1. The van der Waals surface area contributed by atoms with E-state index >= 15 is 0 Å². The number of carbonyl (C=O) groups is 1. The number of benzene rings is 2. The van der Waals surface area contributed by atoms with Crippen LogP contribution in [0.15, 0.2) is 50.0 Å². The number of nitrogens with zero attached hydrogens (tertiary/aromatic N) is 1. The fourth-order valence-corrected chi connectivity index (χ4v) is 4.62. The largest absolute Gasteiger partial charge is 0.460 e. The maximum atomic E-state index is 12.9. The molecule has 1 saturated heterocycles. The van der Waals surface area contributed by atoms with E-state index in [2.05, 4.69) is 12.1 Å². The Morgan fingerprint density at radius 1 is 0.938 bits per heavy atom. The Labute approximate surface area is 185 Å². The Bertz CT molecular complexity index is 1390. The molecule has 0 spiro atoms. The summed E-state index contributed by atoms with van der Waals surface area (Å²) in [5.74, 6) is 0.734. The number of furan rings is 1. The van der Waals surface area contributed by atoms with Crippen molar-refractivity contribution in [3.63, 3.8) is 0 Å². The topological polar surface area (TPSA) is 72.9 Å². The molecule has 0 radical (unpaired) electrons. The number of fused-ring (bicyclic) bond motifs is 2. The number of morpholine rings is 1. The monoisotopic (exact) mass is 431 g/mol. The second-order valence-electron chi connectivity index (χ2n) is 8.32. The Hall–Kier alpha value is -3.38. The van der Waals surface area contributed by atoms with E-state index in [1.807, 2.05) is 45.0 Å². The fraction of sp³-hybridized carbons (Fsp3) is 0.308. The fourth-order valence-electron chi connectivity index (χ4n) is 4.62. The second kappa shape index (κ2) is 7.95. The first-order valence-electron chi connectivity index (χ1n) is 10.9. The number of aryl methyl sites for hydroxylation is 3. The molecular weight excluding hydrogens is 406 g/mol. The lowest BCUT2D eigenvalue weighted by atomic mass is 9.96. The highest BCUT2D eigenvalue weighted by molar-refractivity contribution is 6.06. The van der Waals surface area contributed by atoms with E-state index in [4.69, 9.17) is 13.6 Å². The third-order valence-electron chi connectivity index (χ3n) is 6.39. The molecule has 5 rings (SSSR count). The molecule has 0 saturated carbocycles. The summed E-state index contributed by atoms with van der Waals surface area (Å²) in [7, 11) is 0. The van der Waals surface area contributed by atoms with E-state index in [0.29, 0.717) is 43.0 Å². The van der Waals surface area contributed by atoms with Crippen molar-refractivity contribution in [1.82, 2.24) is 4.90 Å². The van der Waals surface area contributed by atoms with Gasteiger partial charge in [-0.15, -0.1) is 0 Å². The molecule has 32 heavy (non-hydrogen) atoms. The van der Waals surface area contributed by atoms with Gasteiger partial charge in [-0.05, 0) is 38.0 Å². The molecule has 164 valence electrons. The highest BCUT2D eigenvalue weighted by atomic mass is 16.5. The number of hydrogen-bond acceptors (Lipinski definition) is 5. The van der Waals surface area contributed by atoms with Gasteiger partial charge in [0.2, 0.25) is 5.91 Å². The van der Waals surface area contributed by atoms with Crippen LogP contribution in [0.25, 0.3) is 33.1 Å². The molecule has 3 heterocycles. The Morgan fingerprint density at radius 3 is 2.34 bits per heavy atom. The van der Waals surface area contributed by atoms with Crippen LogP contribution in [0.5, 0.6) is 0 Å². The lowest BCUT2D eigenvalue weighted by Crippen LogP contribution is -2.42. The molecule has 2 aromatic carbocycles. The first-order chi connectivity index (χ1) is 15.5.